The number of hydrogen-bond donors (Lipinski definition) is 2. The molecule has 0 unspecified atom stereocenters. The van der Waals surface area contributed by atoms with Crippen molar-refractivity contribution >= 4 is 5.91 Å². The number of nitrogens with two attached hydrogens (primary N) is 1. The molecule has 3 nitrogen and oxygen atoms in total. The second-order valence-corrected chi connectivity index (χ2v) is 3.34. The zero-order valence-electron chi connectivity index (χ0n) is 9.63. The van der Waals surface area contributed by atoms with Crippen molar-refractivity contribution in [3.05, 3.63) is 34.9 Å². The van der Waals surface area contributed by atoms with E-state index in [1.165, 1.54) is 0 Å². The Morgan fingerprint density at radius 2 is 2.25 bits per heavy atom. The summed E-state index contributed by atoms with van der Waals surface area (Å²) in [7, 11) is 0. The highest BCUT2D eigenvalue weighted by atomic mass is 16.1. The van der Waals surface area contributed by atoms with Crippen molar-refractivity contribution in [3.8, 4) is 11.8 Å². The molecule has 1 aromatic rings. The van der Waals surface area contributed by atoms with Crippen LogP contribution < -0.4 is 11.1 Å². The summed E-state index contributed by atoms with van der Waals surface area (Å²) in [6.07, 6.45) is 0. The van der Waals surface area contributed by atoms with Crippen molar-refractivity contribution in [2.75, 3.05) is 13.1 Å². The van der Waals surface area contributed by atoms with Gasteiger partial charge in [-0.3, -0.25) is 4.79 Å². The molecule has 16 heavy (non-hydrogen) atoms. The summed E-state index contributed by atoms with van der Waals surface area (Å²) in [6, 6.07) is 5.52. The SMILES string of the molecule is CCNC(=O)c1cccc(C#CCN)c1C. The van der Waals surface area contributed by atoms with E-state index in [9.17, 15) is 4.79 Å². The van der Waals surface area contributed by atoms with Gasteiger partial charge >= 0.3 is 0 Å². The highest BCUT2D eigenvalue weighted by Crippen LogP contribution is 2.12. The number of carbonyl (C=O) groups is 1. The molecule has 0 spiro atoms. The Morgan fingerprint density at radius 3 is 2.88 bits per heavy atom. The Balaban J connectivity index is 3.08. The van der Waals surface area contributed by atoms with Gasteiger partial charge < -0.3 is 11.1 Å². The summed E-state index contributed by atoms with van der Waals surface area (Å²) in [5.74, 6) is 5.69. The van der Waals surface area contributed by atoms with Crippen molar-refractivity contribution in [2.24, 2.45) is 5.73 Å². The number of rotatable bonds is 2. The van der Waals surface area contributed by atoms with Gasteiger partial charge in [-0.25, -0.2) is 0 Å². The maximum Gasteiger partial charge on any atom is 0.251 e. The van der Waals surface area contributed by atoms with E-state index in [0.717, 1.165) is 11.1 Å². The minimum atomic E-state index is -0.0589. The van der Waals surface area contributed by atoms with E-state index in [0.29, 0.717) is 18.7 Å². The number of hydrogen-bond acceptors (Lipinski definition) is 2. The lowest BCUT2D eigenvalue weighted by Gasteiger charge is -2.07. The Bertz CT molecular complexity index is 441. The average Bonchev–Trinajstić information content (AvgIpc) is 2.28. The standard InChI is InChI=1S/C13H16N2O/c1-3-15-13(16)12-8-4-6-11(10(12)2)7-5-9-14/h4,6,8H,3,9,14H2,1-2H3,(H,15,16). The quantitative estimate of drug-likeness (QED) is 0.726. The molecule has 0 saturated carbocycles. The largest absolute Gasteiger partial charge is 0.352 e. The van der Waals surface area contributed by atoms with Gasteiger partial charge in [0.15, 0.2) is 0 Å². The van der Waals surface area contributed by atoms with Crippen LogP contribution in [0.1, 0.15) is 28.4 Å². The van der Waals surface area contributed by atoms with Gasteiger partial charge in [-0.05, 0) is 31.5 Å². The second kappa shape index (κ2) is 5.94. The topological polar surface area (TPSA) is 55.1 Å². The fourth-order valence-corrected chi connectivity index (χ4v) is 1.42. The smallest absolute Gasteiger partial charge is 0.251 e. The van der Waals surface area contributed by atoms with E-state index in [1.54, 1.807) is 6.07 Å². The van der Waals surface area contributed by atoms with Gasteiger partial charge in [-0.2, -0.15) is 0 Å². The van der Waals surface area contributed by atoms with E-state index >= 15 is 0 Å². The Kier molecular flexibility index (Phi) is 4.56. The molecule has 0 saturated heterocycles. The van der Waals surface area contributed by atoms with Gasteiger partial charge in [-0.1, -0.05) is 17.9 Å². The summed E-state index contributed by atoms with van der Waals surface area (Å²) in [5.41, 5.74) is 7.74. The fourth-order valence-electron chi connectivity index (χ4n) is 1.42. The predicted octanol–water partition coefficient (Wildman–Crippen LogP) is 1.05. The van der Waals surface area contributed by atoms with Crippen LogP contribution in [0, 0.1) is 18.8 Å². The summed E-state index contributed by atoms with van der Waals surface area (Å²) in [4.78, 5) is 11.7. The zero-order valence-corrected chi connectivity index (χ0v) is 9.63. The summed E-state index contributed by atoms with van der Waals surface area (Å²) in [5, 5.41) is 2.77. The molecule has 0 radical (unpaired) electrons. The first-order valence-corrected chi connectivity index (χ1v) is 5.27. The summed E-state index contributed by atoms with van der Waals surface area (Å²) < 4.78 is 0. The molecule has 84 valence electrons. The van der Waals surface area contributed by atoms with Crippen molar-refractivity contribution in [3.63, 3.8) is 0 Å². The molecule has 0 heterocycles. The summed E-state index contributed by atoms with van der Waals surface area (Å²) in [6.45, 7) is 4.73. The molecule has 0 aromatic heterocycles. The molecule has 0 aliphatic heterocycles. The van der Waals surface area contributed by atoms with E-state index in [4.69, 9.17) is 5.73 Å². The van der Waals surface area contributed by atoms with Gasteiger partial charge in [0.05, 0.1) is 6.54 Å². The number of nitrogens with one attached hydrogen (secondary N) is 1. The van der Waals surface area contributed by atoms with E-state index in [-0.39, 0.29) is 5.91 Å². The van der Waals surface area contributed by atoms with Crippen molar-refractivity contribution in [1.82, 2.24) is 5.32 Å². The molecule has 1 aromatic carbocycles. The third kappa shape index (κ3) is 2.85. The minimum Gasteiger partial charge on any atom is -0.352 e. The fraction of sp³-hybridized carbons (Fsp3) is 0.308. The van der Waals surface area contributed by atoms with Crippen LogP contribution >= 0.6 is 0 Å². The zero-order chi connectivity index (χ0) is 12.0. The van der Waals surface area contributed by atoms with Gasteiger partial charge in [0.2, 0.25) is 0 Å². The van der Waals surface area contributed by atoms with Gasteiger partial charge in [0.1, 0.15) is 0 Å². The first-order chi connectivity index (χ1) is 7.70. The van der Waals surface area contributed by atoms with E-state index in [1.807, 2.05) is 26.0 Å². The Morgan fingerprint density at radius 1 is 1.50 bits per heavy atom. The molecular weight excluding hydrogens is 200 g/mol. The van der Waals surface area contributed by atoms with E-state index < -0.39 is 0 Å². The lowest BCUT2D eigenvalue weighted by Crippen LogP contribution is -2.23. The molecule has 1 rings (SSSR count). The molecule has 0 fully saturated rings. The average molecular weight is 216 g/mol. The number of benzene rings is 1. The first kappa shape index (κ1) is 12.3. The van der Waals surface area contributed by atoms with Gasteiger partial charge in [-0.15, -0.1) is 0 Å². The minimum absolute atomic E-state index is 0.0589. The molecule has 0 bridgehead atoms. The Labute approximate surface area is 96.0 Å². The normalized spacial score (nSPS) is 9.19. The molecule has 3 N–H and O–H groups in total. The van der Waals surface area contributed by atoms with Crippen LogP contribution in [-0.4, -0.2) is 19.0 Å². The first-order valence-electron chi connectivity index (χ1n) is 5.27. The lowest BCUT2D eigenvalue weighted by molar-refractivity contribution is 0.0955. The maximum absolute atomic E-state index is 11.7. The third-order valence-corrected chi connectivity index (χ3v) is 2.24. The molecule has 1 amide bonds. The van der Waals surface area contributed by atoms with Crippen LogP contribution in [0.15, 0.2) is 18.2 Å². The van der Waals surface area contributed by atoms with Crippen LogP contribution in [0.3, 0.4) is 0 Å². The van der Waals surface area contributed by atoms with Gasteiger partial charge in [0.25, 0.3) is 5.91 Å². The second-order valence-electron chi connectivity index (χ2n) is 3.34. The molecule has 0 aliphatic rings. The van der Waals surface area contributed by atoms with Crippen LogP contribution in [0.2, 0.25) is 0 Å². The van der Waals surface area contributed by atoms with Crippen LogP contribution in [-0.2, 0) is 0 Å². The van der Waals surface area contributed by atoms with E-state index in [2.05, 4.69) is 17.2 Å². The molecule has 0 atom stereocenters. The van der Waals surface area contributed by atoms with Crippen LogP contribution in [0.5, 0.6) is 0 Å². The third-order valence-electron chi connectivity index (χ3n) is 2.24. The maximum atomic E-state index is 11.7. The highest BCUT2D eigenvalue weighted by molar-refractivity contribution is 5.96. The van der Waals surface area contributed by atoms with Crippen LogP contribution in [0.25, 0.3) is 0 Å². The Hall–Kier alpha value is -1.79. The van der Waals surface area contributed by atoms with Gasteiger partial charge in [0, 0.05) is 17.7 Å². The monoisotopic (exact) mass is 216 g/mol. The molecule has 3 heteroatoms. The van der Waals surface area contributed by atoms with Crippen molar-refractivity contribution in [1.29, 1.82) is 0 Å². The summed E-state index contributed by atoms with van der Waals surface area (Å²) >= 11 is 0. The predicted molar refractivity (Wildman–Crippen MR) is 65.1 cm³/mol. The van der Waals surface area contributed by atoms with Crippen LogP contribution in [0.4, 0.5) is 0 Å². The highest BCUT2D eigenvalue weighted by Gasteiger charge is 2.09. The van der Waals surface area contributed by atoms with Crippen molar-refractivity contribution in [2.45, 2.75) is 13.8 Å². The molecule has 0 aliphatic carbocycles. The lowest BCUT2D eigenvalue weighted by atomic mass is 10.0. The molecular formula is C13H16N2O. The van der Waals surface area contributed by atoms with Crippen molar-refractivity contribution < 1.29 is 4.79 Å². The number of carbonyl (C=O) groups excluding carboxylic acids is 1. The number of amides is 1.